The molecule has 0 bridgehead atoms. The van der Waals surface area contributed by atoms with Gasteiger partial charge in [-0.15, -0.1) is 10.2 Å². The Balaban J connectivity index is 2.07. The Bertz CT molecular complexity index is 1120. The van der Waals surface area contributed by atoms with Crippen LogP contribution in [0.5, 0.6) is 0 Å². The number of nitrogens with one attached hydrogen (secondary N) is 2. The Morgan fingerprint density at radius 3 is 2.65 bits per heavy atom. The van der Waals surface area contributed by atoms with Crippen molar-refractivity contribution in [3.8, 4) is 0 Å². The lowest BCUT2D eigenvalue weighted by molar-refractivity contribution is -0.0529. The van der Waals surface area contributed by atoms with Crippen LogP contribution in [0.2, 0.25) is 0 Å². The average Bonchev–Trinajstić information content (AvgIpc) is 3.10. The number of aryl methyl sites for hydroxylation is 1. The van der Waals surface area contributed by atoms with E-state index in [2.05, 4.69) is 26.1 Å². The van der Waals surface area contributed by atoms with Crippen LogP contribution in [0.25, 0.3) is 16.7 Å². The molecule has 3 N–H and O–H groups in total. The van der Waals surface area contributed by atoms with Crippen LogP contribution in [0.3, 0.4) is 0 Å². The van der Waals surface area contributed by atoms with E-state index in [9.17, 15) is 14.7 Å². The van der Waals surface area contributed by atoms with Crippen LogP contribution in [0.15, 0.2) is 18.2 Å². The summed E-state index contributed by atoms with van der Waals surface area (Å²) in [6.45, 7) is 9.73. The fourth-order valence-corrected chi connectivity index (χ4v) is 2.95. The van der Waals surface area contributed by atoms with Gasteiger partial charge < -0.3 is 5.11 Å². The monoisotopic (exact) mass is 429 g/mol. The standard InChI is InChI=1S/C20H27N7O4/c1-6-7-10-26(24-19(30)25-31-20(3,4)5)16-17-23-22-12(2)27(17)15-9-8-13(18(28)29)11-14(15)21-16/h8-9,11H,6-7,10H2,1-5H3,(H,28,29)(H2,24,25,30). The van der Waals surface area contributed by atoms with Gasteiger partial charge in [0, 0.05) is 6.54 Å². The lowest BCUT2D eigenvalue weighted by Crippen LogP contribution is -2.50. The summed E-state index contributed by atoms with van der Waals surface area (Å²) in [5.74, 6) is -0.0804. The van der Waals surface area contributed by atoms with Crippen LogP contribution in [0.1, 0.15) is 56.7 Å². The van der Waals surface area contributed by atoms with Gasteiger partial charge in [0.05, 0.1) is 22.2 Å². The molecule has 1 aromatic carbocycles. The van der Waals surface area contributed by atoms with Crippen molar-refractivity contribution in [3.05, 3.63) is 29.6 Å². The molecule has 0 aliphatic rings. The summed E-state index contributed by atoms with van der Waals surface area (Å²) in [5, 5.41) is 19.3. The van der Waals surface area contributed by atoms with Gasteiger partial charge in [0.15, 0.2) is 5.82 Å². The van der Waals surface area contributed by atoms with E-state index in [1.54, 1.807) is 22.4 Å². The highest BCUT2D eigenvalue weighted by molar-refractivity contribution is 5.93. The molecule has 0 unspecified atom stereocenters. The van der Waals surface area contributed by atoms with E-state index in [0.717, 1.165) is 12.8 Å². The number of aromatic nitrogens is 4. The number of carboxylic acid groups (broad SMARTS) is 1. The van der Waals surface area contributed by atoms with Gasteiger partial charge in [0.25, 0.3) is 0 Å². The van der Waals surface area contributed by atoms with Crippen molar-refractivity contribution in [1.82, 2.24) is 30.5 Å². The third-order valence-corrected chi connectivity index (χ3v) is 4.39. The normalized spacial score (nSPS) is 11.6. The number of rotatable bonds is 7. The summed E-state index contributed by atoms with van der Waals surface area (Å²) < 4.78 is 1.79. The molecule has 0 fully saturated rings. The number of carboxylic acids is 1. The molecule has 0 aliphatic carbocycles. The van der Waals surface area contributed by atoms with Crippen LogP contribution in [-0.4, -0.2) is 48.8 Å². The predicted molar refractivity (Wildman–Crippen MR) is 115 cm³/mol. The van der Waals surface area contributed by atoms with Crippen LogP contribution < -0.4 is 15.9 Å². The SMILES string of the molecule is CCCCN(NC(=O)NOC(C)(C)C)c1nc2cc(C(=O)O)ccc2n2c(C)nnc12. The summed E-state index contributed by atoms with van der Waals surface area (Å²) in [6.07, 6.45) is 1.66. The molecule has 166 valence electrons. The van der Waals surface area contributed by atoms with Gasteiger partial charge in [-0.3, -0.25) is 14.2 Å². The molecule has 3 rings (SSSR count). The highest BCUT2D eigenvalue weighted by atomic mass is 16.7. The first-order chi connectivity index (χ1) is 14.6. The number of urea groups is 1. The maximum Gasteiger partial charge on any atom is 0.357 e. The second-order valence-electron chi connectivity index (χ2n) is 8.11. The molecule has 11 heteroatoms. The van der Waals surface area contributed by atoms with E-state index in [1.807, 2.05) is 27.7 Å². The Kier molecular flexibility index (Phi) is 6.25. The van der Waals surface area contributed by atoms with E-state index in [1.165, 1.54) is 12.1 Å². The van der Waals surface area contributed by atoms with Crippen molar-refractivity contribution in [2.45, 2.75) is 53.1 Å². The molecule has 31 heavy (non-hydrogen) atoms. The number of amides is 2. The van der Waals surface area contributed by atoms with Gasteiger partial charge in [-0.2, -0.15) is 0 Å². The smallest absolute Gasteiger partial charge is 0.357 e. The molecule has 11 nitrogen and oxygen atoms in total. The van der Waals surface area contributed by atoms with E-state index < -0.39 is 17.6 Å². The number of aromatic carboxylic acids is 1. The molecule has 0 spiro atoms. The molecular formula is C20H27N7O4. The first-order valence-corrected chi connectivity index (χ1v) is 10.0. The highest BCUT2D eigenvalue weighted by Crippen LogP contribution is 2.25. The minimum atomic E-state index is -1.05. The number of hydrazine groups is 1. The molecule has 0 radical (unpaired) electrons. The zero-order valence-corrected chi connectivity index (χ0v) is 18.3. The van der Waals surface area contributed by atoms with Crippen LogP contribution in [-0.2, 0) is 4.84 Å². The number of benzene rings is 1. The number of hydrogen-bond donors (Lipinski definition) is 3. The van der Waals surface area contributed by atoms with Crippen LogP contribution in [0.4, 0.5) is 10.6 Å². The van der Waals surface area contributed by atoms with E-state index in [-0.39, 0.29) is 5.56 Å². The Morgan fingerprint density at radius 2 is 2.00 bits per heavy atom. The Labute approximate surface area is 179 Å². The van der Waals surface area contributed by atoms with Crippen molar-refractivity contribution in [2.24, 2.45) is 0 Å². The molecule has 2 heterocycles. The lowest BCUT2D eigenvalue weighted by atomic mass is 10.2. The van der Waals surface area contributed by atoms with E-state index in [0.29, 0.717) is 34.9 Å². The van der Waals surface area contributed by atoms with Gasteiger partial charge in [-0.1, -0.05) is 13.3 Å². The summed E-state index contributed by atoms with van der Waals surface area (Å²) in [4.78, 5) is 33.8. The largest absolute Gasteiger partial charge is 0.478 e. The van der Waals surface area contributed by atoms with Gasteiger partial charge in [0.1, 0.15) is 5.82 Å². The van der Waals surface area contributed by atoms with Gasteiger partial charge in [-0.25, -0.2) is 25.5 Å². The lowest BCUT2D eigenvalue weighted by Gasteiger charge is -2.26. The number of carbonyl (C=O) groups excluding carboxylic acids is 1. The number of nitrogens with zero attached hydrogens (tertiary/aromatic N) is 5. The third kappa shape index (κ3) is 5.00. The van der Waals surface area contributed by atoms with E-state index in [4.69, 9.17) is 4.84 Å². The number of carbonyl (C=O) groups is 2. The maximum absolute atomic E-state index is 12.4. The van der Waals surface area contributed by atoms with Crippen LogP contribution >= 0.6 is 0 Å². The highest BCUT2D eigenvalue weighted by Gasteiger charge is 2.21. The number of unbranched alkanes of at least 4 members (excludes halogenated alkanes) is 1. The molecule has 0 saturated heterocycles. The first-order valence-electron chi connectivity index (χ1n) is 10.0. The second-order valence-corrected chi connectivity index (χ2v) is 8.11. The Hall–Kier alpha value is -3.47. The summed E-state index contributed by atoms with van der Waals surface area (Å²) in [6, 6.07) is 4.10. The topological polar surface area (TPSA) is 134 Å². The number of hydrogen-bond acceptors (Lipinski definition) is 7. The summed E-state index contributed by atoms with van der Waals surface area (Å²) in [5.41, 5.74) is 6.23. The van der Waals surface area contributed by atoms with Crippen molar-refractivity contribution in [2.75, 3.05) is 11.6 Å². The number of anilines is 1. The van der Waals surface area contributed by atoms with Gasteiger partial charge >= 0.3 is 12.0 Å². The van der Waals surface area contributed by atoms with Crippen molar-refractivity contribution >= 4 is 34.5 Å². The first kappa shape index (κ1) is 22.2. The minimum Gasteiger partial charge on any atom is -0.478 e. The van der Waals surface area contributed by atoms with E-state index >= 15 is 0 Å². The van der Waals surface area contributed by atoms with Crippen LogP contribution in [0, 0.1) is 6.92 Å². The fraction of sp³-hybridized carbons (Fsp3) is 0.450. The molecule has 0 saturated carbocycles. The quantitative estimate of drug-likeness (QED) is 0.488. The fourth-order valence-electron chi connectivity index (χ4n) is 2.95. The molecular weight excluding hydrogens is 402 g/mol. The average molecular weight is 429 g/mol. The molecule has 0 aliphatic heterocycles. The number of hydroxylamine groups is 1. The molecule has 2 aromatic heterocycles. The van der Waals surface area contributed by atoms with Crippen molar-refractivity contribution in [3.63, 3.8) is 0 Å². The zero-order valence-electron chi connectivity index (χ0n) is 18.3. The zero-order chi connectivity index (χ0) is 22.8. The molecule has 3 aromatic rings. The van der Waals surface area contributed by atoms with Gasteiger partial charge in [0.2, 0.25) is 5.65 Å². The maximum atomic E-state index is 12.4. The Morgan fingerprint density at radius 1 is 1.26 bits per heavy atom. The third-order valence-electron chi connectivity index (χ3n) is 4.39. The number of fused-ring (bicyclic) bond motifs is 3. The van der Waals surface area contributed by atoms with Crippen molar-refractivity contribution in [1.29, 1.82) is 0 Å². The van der Waals surface area contributed by atoms with Gasteiger partial charge in [-0.05, 0) is 52.3 Å². The molecule has 2 amide bonds. The summed E-state index contributed by atoms with van der Waals surface area (Å²) >= 11 is 0. The minimum absolute atomic E-state index is 0.111. The summed E-state index contributed by atoms with van der Waals surface area (Å²) in [7, 11) is 0. The second kappa shape index (κ2) is 8.72. The predicted octanol–water partition coefficient (Wildman–Crippen LogP) is 2.83. The van der Waals surface area contributed by atoms with Crippen molar-refractivity contribution < 1.29 is 19.5 Å². The molecule has 0 atom stereocenters.